The smallest absolute Gasteiger partial charge is 0.340 e. The maximum absolute atomic E-state index is 12.2. The summed E-state index contributed by atoms with van der Waals surface area (Å²) >= 11 is 0. The van der Waals surface area contributed by atoms with Crippen LogP contribution in [0.2, 0.25) is 0 Å². The first-order chi connectivity index (χ1) is 39.3. The lowest BCUT2D eigenvalue weighted by Crippen LogP contribution is -2.25. The van der Waals surface area contributed by atoms with Gasteiger partial charge >= 0.3 is 29.8 Å². The molecule has 0 unspecified atom stereocenters. The lowest BCUT2D eigenvalue weighted by molar-refractivity contribution is -0.385. The number of hydrogen-bond donors (Lipinski definition) is 2. The molecular formula is C58H76N4O21. The van der Waals surface area contributed by atoms with Crippen LogP contribution in [-0.4, -0.2) is 118 Å². The summed E-state index contributed by atoms with van der Waals surface area (Å²) in [5, 5.41) is 28.5. The number of hydrogen-bond acceptors (Lipinski definition) is 21. The molecule has 0 aliphatic rings. The highest BCUT2D eigenvalue weighted by Crippen LogP contribution is 2.37. The van der Waals surface area contributed by atoms with Crippen molar-refractivity contribution in [3.05, 3.63) is 104 Å². The van der Waals surface area contributed by atoms with Gasteiger partial charge in [-0.15, -0.1) is 0 Å². The Morgan fingerprint density at radius 3 is 1.30 bits per heavy atom. The highest BCUT2D eigenvalue weighted by atomic mass is 16.6. The predicted molar refractivity (Wildman–Crippen MR) is 302 cm³/mol. The van der Waals surface area contributed by atoms with E-state index in [1.807, 2.05) is 0 Å². The molecule has 0 fully saturated rings. The number of allylic oxidation sites excluding steroid dienone is 2. The van der Waals surface area contributed by atoms with Crippen LogP contribution in [0.1, 0.15) is 123 Å². The van der Waals surface area contributed by atoms with E-state index in [0.29, 0.717) is 80.5 Å². The molecule has 454 valence electrons. The standard InChI is InChI=1S/C27H36N2O10.C23H30N2O8.C8H10O3/c1-6-22(39-27(33)18(2)3)21(30)11-8-14-28-25(31)12-9-15-38-24-17-20(29(34)35)19(16-23(24)36-4)10-7-13-26(32)37-5;1-4-8-18(26)10-6-13-24-22(27)11-7-14-33-21-16-19(25(29)30)17(15-20(21)31-2)9-5-12-23(28)32-3;1-5(2)7(9)11-8(10)6(3)4/h6,16-17H,2,7-15H2,1,3-5H3,(H,28,31);15-16H,5-7,9-14H2,1-3H3,(H,24,27);1,3H2,2,4H3/b22-6+;;. The fraction of sp³-hybridized carbons (Fsp3) is 0.466. The third-order valence-corrected chi connectivity index (χ3v) is 10.9. The molecule has 0 aliphatic carbocycles. The van der Waals surface area contributed by atoms with Gasteiger partial charge in [0.1, 0.15) is 0 Å². The molecule has 2 amide bonds. The van der Waals surface area contributed by atoms with Crippen molar-refractivity contribution in [1.82, 2.24) is 10.6 Å². The molecule has 2 rings (SSSR count). The second kappa shape index (κ2) is 41.8. The molecule has 0 saturated heterocycles. The highest BCUT2D eigenvalue weighted by molar-refractivity contribution is 6.01. The molecule has 0 aromatic heterocycles. The number of nitro groups is 2. The van der Waals surface area contributed by atoms with Gasteiger partial charge in [0, 0.05) is 79.5 Å². The number of carbonyl (C=O) groups excluding carboxylic acids is 9. The van der Waals surface area contributed by atoms with Gasteiger partial charge in [-0.25, -0.2) is 14.4 Å². The Morgan fingerprint density at radius 2 is 0.952 bits per heavy atom. The predicted octanol–water partition coefficient (Wildman–Crippen LogP) is 7.70. The molecule has 25 nitrogen and oxygen atoms in total. The quantitative estimate of drug-likeness (QED) is 0.00637. The molecular weight excluding hydrogens is 1090 g/mol. The summed E-state index contributed by atoms with van der Waals surface area (Å²) in [5.41, 5.74) is 1.12. The van der Waals surface area contributed by atoms with E-state index in [1.165, 1.54) is 79.6 Å². The fourth-order valence-electron chi connectivity index (χ4n) is 6.53. The zero-order valence-corrected chi connectivity index (χ0v) is 48.7. The normalized spacial score (nSPS) is 10.2. The van der Waals surface area contributed by atoms with Crippen LogP contribution < -0.4 is 29.6 Å². The Morgan fingerprint density at radius 1 is 0.554 bits per heavy atom. The van der Waals surface area contributed by atoms with Gasteiger partial charge in [0.05, 0.1) is 63.6 Å². The average Bonchev–Trinajstić information content (AvgIpc) is 3.64. The molecule has 0 spiro atoms. The van der Waals surface area contributed by atoms with Crippen molar-refractivity contribution in [3.8, 4) is 34.8 Å². The minimum Gasteiger partial charge on any atom is -0.493 e. The van der Waals surface area contributed by atoms with E-state index < -0.39 is 33.7 Å². The van der Waals surface area contributed by atoms with Crippen molar-refractivity contribution >= 4 is 64.6 Å². The first-order valence-corrected chi connectivity index (χ1v) is 26.0. The molecule has 0 saturated carbocycles. The van der Waals surface area contributed by atoms with E-state index in [0.717, 1.165) is 0 Å². The number of esters is 5. The summed E-state index contributed by atoms with van der Waals surface area (Å²) in [6.45, 7) is 18.6. The van der Waals surface area contributed by atoms with Crippen molar-refractivity contribution in [2.75, 3.05) is 54.7 Å². The Balaban J connectivity index is 0.00000138. The van der Waals surface area contributed by atoms with Crippen LogP contribution in [-0.2, 0) is 74.9 Å². The van der Waals surface area contributed by atoms with Gasteiger partial charge < -0.3 is 48.5 Å². The van der Waals surface area contributed by atoms with E-state index in [4.69, 9.17) is 23.7 Å². The first kappa shape index (κ1) is 73.8. The van der Waals surface area contributed by atoms with Crippen LogP contribution in [0.3, 0.4) is 0 Å². The maximum Gasteiger partial charge on any atom is 0.340 e. The molecule has 0 bridgehead atoms. The second-order valence-electron chi connectivity index (χ2n) is 17.7. The Labute approximate surface area is 482 Å². The molecule has 2 aromatic rings. The monoisotopic (exact) mass is 1160 g/mol. The number of amides is 2. The van der Waals surface area contributed by atoms with Gasteiger partial charge in [-0.05, 0) is 110 Å². The molecule has 2 N–H and O–H groups in total. The number of ketones is 2. The zero-order valence-electron chi connectivity index (χ0n) is 48.7. The van der Waals surface area contributed by atoms with Crippen molar-refractivity contribution in [2.24, 2.45) is 0 Å². The number of rotatable bonds is 35. The van der Waals surface area contributed by atoms with Crippen molar-refractivity contribution < 1.29 is 90.9 Å². The number of nitro benzene ring substituents is 2. The van der Waals surface area contributed by atoms with Gasteiger partial charge in [0.25, 0.3) is 11.4 Å². The van der Waals surface area contributed by atoms with Gasteiger partial charge in [-0.3, -0.25) is 49.0 Å². The van der Waals surface area contributed by atoms with Crippen molar-refractivity contribution in [1.29, 1.82) is 0 Å². The highest BCUT2D eigenvalue weighted by Gasteiger charge is 2.22. The lowest BCUT2D eigenvalue weighted by atomic mass is 10.1. The molecule has 0 heterocycles. The Bertz CT molecular complexity index is 2730. The van der Waals surface area contributed by atoms with Crippen molar-refractivity contribution in [2.45, 2.75) is 125 Å². The third-order valence-electron chi connectivity index (χ3n) is 10.9. The lowest BCUT2D eigenvalue weighted by Gasteiger charge is -2.13. The number of benzene rings is 2. The molecule has 83 heavy (non-hydrogen) atoms. The third kappa shape index (κ3) is 31.4. The van der Waals surface area contributed by atoms with E-state index in [2.05, 4.69) is 56.4 Å². The molecule has 0 radical (unpaired) electrons. The summed E-state index contributed by atoms with van der Waals surface area (Å²) in [6, 6.07) is 5.61. The van der Waals surface area contributed by atoms with Gasteiger partial charge in [-0.2, -0.15) is 0 Å². The number of aryl methyl sites for hydroxylation is 2. The van der Waals surface area contributed by atoms with Crippen LogP contribution in [0.15, 0.2) is 72.6 Å². The maximum atomic E-state index is 12.2. The number of nitrogens with one attached hydrogen (secondary N) is 2. The van der Waals surface area contributed by atoms with Crippen LogP contribution in [0.5, 0.6) is 23.0 Å². The van der Waals surface area contributed by atoms with Crippen LogP contribution >= 0.6 is 0 Å². The number of carbonyl (C=O) groups is 9. The van der Waals surface area contributed by atoms with Gasteiger partial charge in [-0.1, -0.05) is 25.7 Å². The summed E-state index contributed by atoms with van der Waals surface area (Å²) < 4.78 is 40.3. The van der Waals surface area contributed by atoms with E-state index in [1.54, 1.807) is 13.8 Å². The van der Waals surface area contributed by atoms with E-state index >= 15 is 0 Å². The topological polar surface area (TPSA) is 338 Å². The second-order valence-corrected chi connectivity index (χ2v) is 17.7. The minimum atomic E-state index is -0.710. The Kier molecular flexibility index (Phi) is 37.1. The van der Waals surface area contributed by atoms with Crippen LogP contribution in [0.4, 0.5) is 11.4 Å². The SMILES string of the molecule is C=C(C)C(=O)O/C(=C/C)C(=O)CCCNC(=O)CCCOc1cc([N+](=O)[O-])c(CCCC(=O)OC)cc1OC.C=C(C)C(=O)OC(=O)C(=C)C.CC#CC(=O)CCCNC(=O)CCCOc1cc([N+](=O)[O-])c(CCCC(=O)OC)cc1OC. The van der Waals surface area contributed by atoms with E-state index in [-0.39, 0.29) is 133 Å². The van der Waals surface area contributed by atoms with Crippen LogP contribution in [0.25, 0.3) is 0 Å². The summed E-state index contributed by atoms with van der Waals surface area (Å²) in [7, 11) is 5.40. The van der Waals surface area contributed by atoms with Gasteiger partial charge in [0.2, 0.25) is 17.6 Å². The summed E-state index contributed by atoms with van der Waals surface area (Å²) in [4.78, 5) is 125. The fourth-order valence-corrected chi connectivity index (χ4v) is 6.53. The first-order valence-electron chi connectivity index (χ1n) is 26.0. The molecule has 25 heteroatoms. The van der Waals surface area contributed by atoms with Crippen LogP contribution in [0, 0.1) is 32.1 Å². The molecule has 2 aromatic carbocycles. The minimum absolute atomic E-state index is 0.0589. The largest absolute Gasteiger partial charge is 0.493 e. The number of nitrogens with zero attached hydrogens (tertiary/aromatic N) is 2. The zero-order chi connectivity index (χ0) is 63.0. The summed E-state index contributed by atoms with van der Waals surface area (Å²) in [6.07, 6.45) is 5.38. The van der Waals surface area contributed by atoms with Gasteiger partial charge in [0.15, 0.2) is 34.5 Å². The Hall–Kier alpha value is -9.21. The molecule has 0 aliphatic heterocycles. The number of ether oxygens (including phenoxy) is 8. The molecule has 0 atom stereocenters. The average molecular weight is 1170 g/mol. The van der Waals surface area contributed by atoms with E-state index in [9.17, 15) is 63.4 Å². The van der Waals surface area contributed by atoms with Crippen molar-refractivity contribution in [3.63, 3.8) is 0 Å². The number of Topliss-reactive ketones (excluding diaryl/α,β-unsaturated/α-hetero) is 2. The summed E-state index contributed by atoms with van der Waals surface area (Å²) in [5.74, 6) is 2.13. The number of methoxy groups -OCH3 is 4.